The molecule has 1 heterocycles. The fourth-order valence-electron chi connectivity index (χ4n) is 4.42. The van der Waals surface area contributed by atoms with Crippen LogP contribution in [0, 0.1) is 0 Å². The predicted molar refractivity (Wildman–Crippen MR) is 131 cm³/mol. The Morgan fingerprint density at radius 2 is 1.65 bits per heavy atom. The molecule has 0 bridgehead atoms. The molecule has 1 aliphatic carbocycles. The molecule has 0 saturated heterocycles. The Hall–Kier alpha value is -3.13. The van der Waals surface area contributed by atoms with Gasteiger partial charge in [0.05, 0.1) is 0 Å². The first-order chi connectivity index (χ1) is 15.3. The summed E-state index contributed by atoms with van der Waals surface area (Å²) >= 11 is 0. The van der Waals surface area contributed by atoms with Crippen molar-refractivity contribution >= 4 is 21.5 Å². The first-order valence-electron chi connectivity index (χ1n) is 11.4. The van der Waals surface area contributed by atoms with Crippen LogP contribution >= 0.6 is 0 Å². The summed E-state index contributed by atoms with van der Waals surface area (Å²) in [5, 5.41) is 5.64. The van der Waals surface area contributed by atoms with Crippen LogP contribution < -0.4 is 5.63 Å². The Morgan fingerprint density at radius 3 is 2.52 bits per heavy atom. The van der Waals surface area contributed by atoms with E-state index in [4.69, 9.17) is 4.42 Å². The van der Waals surface area contributed by atoms with Gasteiger partial charge in [0, 0.05) is 12.5 Å². The van der Waals surface area contributed by atoms with E-state index in [1.54, 1.807) is 17.2 Å². The van der Waals surface area contributed by atoms with Crippen molar-refractivity contribution in [3.63, 3.8) is 0 Å². The minimum Gasteiger partial charge on any atom is -0.428 e. The van der Waals surface area contributed by atoms with Gasteiger partial charge in [0.1, 0.15) is 5.76 Å². The maximum absolute atomic E-state index is 10.8. The molecule has 0 spiro atoms. The standard InChI is InChI=1S/C18H16.C11H14O2/c1-3-7-15-13(5-1)9-11-18-16-8-4-2-6-14(16)10-12-17(15)18;1-2-3-4-5-7-10-8-6-9-11(12)13-10/h1,3,5,7,9-12H,2,4,6,8H2;3-4,6,8-9H,2,5,7H2,1H3. The van der Waals surface area contributed by atoms with Crippen LogP contribution in [0.1, 0.15) is 49.5 Å². The Labute approximate surface area is 184 Å². The Morgan fingerprint density at radius 1 is 0.806 bits per heavy atom. The van der Waals surface area contributed by atoms with Crippen molar-refractivity contribution in [1.82, 2.24) is 0 Å². The molecule has 0 radical (unpaired) electrons. The molecule has 2 nitrogen and oxygen atoms in total. The van der Waals surface area contributed by atoms with Crippen molar-refractivity contribution in [2.45, 2.75) is 51.9 Å². The molecule has 1 aliphatic rings. The quantitative estimate of drug-likeness (QED) is 0.259. The molecule has 5 rings (SSSR count). The highest BCUT2D eigenvalue weighted by atomic mass is 16.4. The zero-order valence-corrected chi connectivity index (χ0v) is 18.3. The van der Waals surface area contributed by atoms with Crippen LogP contribution in [0.25, 0.3) is 21.5 Å². The lowest BCUT2D eigenvalue weighted by Crippen LogP contribution is -2.02. The summed E-state index contributed by atoms with van der Waals surface area (Å²) in [5.41, 5.74) is 2.91. The average Bonchev–Trinajstić information content (AvgIpc) is 2.82. The molecule has 4 aromatic rings. The van der Waals surface area contributed by atoms with E-state index in [-0.39, 0.29) is 5.63 Å². The van der Waals surface area contributed by atoms with Crippen LogP contribution in [0.5, 0.6) is 0 Å². The van der Waals surface area contributed by atoms with Gasteiger partial charge < -0.3 is 4.42 Å². The van der Waals surface area contributed by atoms with E-state index in [2.05, 4.69) is 67.6 Å². The van der Waals surface area contributed by atoms with Gasteiger partial charge in [-0.15, -0.1) is 0 Å². The Bertz CT molecular complexity index is 1250. The van der Waals surface area contributed by atoms with Crippen molar-refractivity contribution in [2.24, 2.45) is 0 Å². The van der Waals surface area contributed by atoms with Gasteiger partial charge in [0.2, 0.25) is 0 Å². The first-order valence-corrected chi connectivity index (χ1v) is 11.4. The second kappa shape index (κ2) is 10.3. The molecule has 1 aromatic heterocycles. The highest BCUT2D eigenvalue weighted by molar-refractivity contribution is 6.08. The van der Waals surface area contributed by atoms with Crippen molar-refractivity contribution in [1.29, 1.82) is 0 Å². The smallest absolute Gasteiger partial charge is 0.335 e. The second-order valence-corrected chi connectivity index (χ2v) is 8.12. The lowest BCUT2D eigenvalue weighted by Gasteiger charge is -2.18. The molecule has 31 heavy (non-hydrogen) atoms. The van der Waals surface area contributed by atoms with E-state index in [0.717, 1.165) is 25.0 Å². The number of aryl methyl sites for hydroxylation is 3. The van der Waals surface area contributed by atoms with E-state index < -0.39 is 0 Å². The summed E-state index contributed by atoms with van der Waals surface area (Å²) in [6, 6.07) is 23.0. The predicted octanol–water partition coefficient (Wildman–Crippen LogP) is 7.41. The fraction of sp³-hybridized carbons (Fsp3) is 0.276. The van der Waals surface area contributed by atoms with Gasteiger partial charge in [-0.3, -0.25) is 0 Å². The van der Waals surface area contributed by atoms with Crippen LogP contribution in [0.3, 0.4) is 0 Å². The highest BCUT2D eigenvalue weighted by Gasteiger charge is 2.13. The molecular weight excluding hydrogens is 380 g/mol. The van der Waals surface area contributed by atoms with Crippen LogP contribution in [0.15, 0.2) is 88.1 Å². The number of fused-ring (bicyclic) bond motifs is 5. The third-order valence-electron chi connectivity index (χ3n) is 5.96. The van der Waals surface area contributed by atoms with E-state index in [0.29, 0.717) is 0 Å². The third kappa shape index (κ3) is 5.14. The molecule has 0 unspecified atom stereocenters. The molecular formula is C29H30O2. The zero-order valence-electron chi connectivity index (χ0n) is 18.3. The fourth-order valence-corrected chi connectivity index (χ4v) is 4.42. The van der Waals surface area contributed by atoms with Crippen LogP contribution in [-0.2, 0) is 19.3 Å². The molecule has 2 heteroatoms. The summed E-state index contributed by atoms with van der Waals surface area (Å²) in [5.74, 6) is 0.758. The number of hydrogen-bond donors (Lipinski definition) is 0. The minimum atomic E-state index is -0.267. The van der Waals surface area contributed by atoms with Gasteiger partial charge in [-0.1, -0.05) is 73.7 Å². The SMILES string of the molecule is CCC=CCCc1cccc(=O)o1.c1ccc2c(c1)ccc1c3c(ccc12)CCCC3. The number of hydrogen-bond acceptors (Lipinski definition) is 2. The molecule has 3 aromatic carbocycles. The minimum absolute atomic E-state index is 0.267. The topological polar surface area (TPSA) is 30.2 Å². The van der Waals surface area contributed by atoms with Gasteiger partial charge in [0.25, 0.3) is 0 Å². The van der Waals surface area contributed by atoms with Gasteiger partial charge >= 0.3 is 5.63 Å². The van der Waals surface area contributed by atoms with Crippen molar-refractivity contribution < 1.29 is 4.42 Å². The third-order valence-corrected chi connectivity index (χ3v) is 5.96. The van der Waals surface area contributed by atoms with Crippen LogP contribution in [0.4, 0.5) is 0 Å². The van der Waals surface area contributed by atoms with E-state index in [1.165, 1.54) is 53.3 Å². The molecule has 158 valence electrons. The molecule has 0 aliphatic heterocycles. The lowest BCUT2D eigenvalue weighted by atomic mass is 9.86. The number of benzene rings is 3. The molecule has 0 N–H and O–H groups in total. The maximum atomic E-state index is 10.8. The largest absolute Gasteiger partial charge is 0.428 e. The van der Waals surface area contributed by atoms with Crippen LogP contribution in [0.2, 0.25) is 0 Å². The van der Waals surface area contributed by atoms with Crippen molar-refractivity contribution in [3.8, 4) is 0 Å². The van der Waals surface area contributed by atoms with Gasteiger partial charge in [-0.05, 0) is 77.3 Å². The normalized spacial score (nSPS) is 13.2. The average molecular weight is 411 g/mol. The molecule has 0 atom stereocenters. The Kier molecular flexibility index (Phi) is 6.99. The monoisotopic (exact) mass is 410 g/mol. The summed E-state index contributed by atoms with van der Waals surface area (Å²) in [6.07, 6.45) is 12.2. The van der Waals surface area contributed by atoms with Crippen LogP contribution in [-0.4, -0.2) is 0 Å². The van der Waals surface area contributed by atoms with Crippen molar-refractivity contribution in [3.05, 3.63) is 106 Å². The highest BCUT2D eigenvalue weighted by Crippen LogP contribution is 2.33. The van der Waals surface area contributed by atoms with Gasteiger partial charge in [-0.25, -0.2) is 4.79 Å². The van der Waals surface area contributed by atoms with E-state index >= 15 is 0 Å². The van der Waals surface area contributed by atoms with Gasteiger partial charge in [-0.2, -0.15) is 0 Å². The first kappa shape index (κ1) is 21.1. The van der Waals surface area contributed by atoms with E-state index in [9.17, 15) is 4.79 Å². The summed E-state index contributed by atoms with van der Waals surface area (Å²) in [4.78, 5) is 10.8. The Balaban J connectivity index is 0.000000159. The molecule has 0 saturated carbocycles. The summed E-state index contributed by atoms with van der Waals surface area (Å²) < 4.78 is 4.97. The molecule has 0 amide bonds. The summed E-state index contributed by atoms with van der Waals surface area (Å²) in [7, 11) is 0. The van der Waals surface area contributed by atoms with Gasteiger partial charge in [0.15, 0.2) is 0 Å². The zero-order chi connectivity index (χ0) is 21.5. The summed E-state index contributed by atoms with van der Waals surface area (Å²) in [6.45, 7) is 2.10. The van der Waals surface area contributed by atoms with E-state index in [1.807, 2.05) is 6.07 Å². The number of allylic oxidation sites excluding steroid dienone is 2. The second-order valence-electron chi connectivity index (χ2n) is 8.12. The molecule has 0 fully saturated rings. The number of rotatable bonds is 4. The van der Waals surface area contributed by atoms with Crippen molar-refractivity contribution in [2.75, 3.05) is 0 Å². The lowest BCUT2D eigenvalue weighted by molar-refractivity contribution is 0.459. The maximum Gasteiger partial charge on any atom is 0.335 e.